The summed E-state index contributed by atoms with van der Waals surface area (Å²) in [6.45, 7) is 3.32. The van der Waals surface area contributed by atoms with Crippen LogP contribution in [0.3, 0.4) is 0 Å². The van der Waals surface area contributed by atoms with E-state index in [1.54, 1.807) is 6.20 Å². The molecule has 6 heteroatoms. The molecule has 1 fully saturated rings. The largest absolute Gasteiger partial charge is 0.389 e. The molecule has 2 aromatic rings. The van der Waals surface area contributed by atoms with Crippen molar-refractivity contribution < 1.29 is 9.84 Å². The standard InChI is InChI=1S/C16H20ClN3O2/c17-14-4-2-13(3-5-14)11-22-12-16(21)10-19-8-15(9-19)20-7-1-6-18-20/h1-7,15-16,21H,8-12H2/t16-/m0/s1. The van der Waals surface area contributed by atoms with Gasteiger partial charge in [0.05, 0.1) is 25.4 Å². The van der Waals surface area contributed by atoms with E-state index in [2.05, 4.69) is 10.00 Å². The third kappa shape index (κ3) is 4.08. The highest BCUT2D eigenvalue weighted by atomic mass is 35.5. The van der Waals surface area contributed by atoms with E-state index in [1.165, 1.54) is 0 Å². The molecule has 1 aliphatic rings. The second-order valence-electron chi connectivity index (χ2n) is 5.65. The third-order valence-corrected chi connectivity index (χ3v) is 4.05. The number of likely N-dealkylation sites (tertiary alicyclic amines) is 1. The molecule has 1 aromatic heterocycles. The molecule has 0 spiro atoms. The molecular formula is C16H20ClN3O2. The quantitative estimate of drug-likeness (QED) is 0.847. The van der Waals surface area contributed by atoms with Crippen LogP contribution in [0.1, 0.15) is 11.6 Å². The van der Waals surface area contributed by atoms with Crippen LogP contribution in [0.25, 0.3) is 0 Å². The lowest BCUT2D eigenvalue weighted by Crippen LogP contribution is -2.51. The van der Waals surface area contributed by atoms with Crippen LogP contribution in [0.5, 0.6) is 0 Å². The van der Waals surface area contributed by atoms with Gasteiger partial charge in [-0.15, -0.1) is 0 Å². The molecule has 0 amide bonds. The zero-order chi connectivity index (χ0) is 15.4. The summed E-state index contributed by atoms with van der Waals surface area (Å²) < 4.78 is 7.52. The van der Waals surface area contributed by atoms with Crippen molar-refractivity contribution >= 4 is 11.6 Å². The minimum absolute atomic E-state index is 0.339. The maximum absolute atomic E-state index is 10.0. The third-order valence-electron chi connectivity index (χ3n) is 3.80. The number of rotatable bonds is 7. The van der Waals surface area contributed by atoms with E-state index < -0.39 is 6.10 Å². The summed E-state index contributed by atoms with van der Waals surface area (Å²) >= 11 is 5.83. The van der Waals surface area contributed by atoms with E-state index >= 15 is 0 Å². The Morgan fingerprint density at radius 1 is 1.32 bits per heavy atom. The minimum atomic E-state index is -0.467. The summed E-state index contributed by atoms with van der Waals surface area (Å²) in [5.74, 6) is 0. The average Bonchev–Trinajstić information content (AvgIpc) is 2.98. The van der Waals surface area contributed by atoms with Gasteiger partial charge in [0, 0.05) is 37.1 Å². The predicted molar refractivity (Wildman–Crippen MR) is 84.8 cm³/mol. The number of hydrogen-bond donors (Lipinski definition) is 1. The molecule has 1 saturated heterocycles. The number of aliphatic hydroxyl groups excluding tert-OH is 1. The molecule has 0 saturated carbocycles. The van der Waals surface area contributed by atoms with Crippen LogP contribution >= 0.6 is 11.6 Å². The molecule has 0 bridgehead atoms. The molecule has 0 radical (unpaired) electrons. The molecule has 0 aliphatic carbocycles. The van der Waals surface area contributed by atoms with Crippen molar-refractivity contribution in [2.75, 3.05) is 26.2 Å². The summed E-state index contributed by atoms with van der Waals surface area (Å²) in [4.78, 5) is 2.21. The van der Waals surface area contributed by atoms with Crippen molar-refractivity contribution in [3.8, 4) is 0 Å². The van der Waals surface area contributed by atoms with E-state index in [0.29, 0.717) is 30.8 Å². The highest BCUT2D eigenvalue weighted by Crippen LogP contribution is 2.20. The maximum atomic E-state index is 10.0. The van der Waals surface area contributed by atoms with Crippen LogP contribution in [0, 0.1) is 0 Å². The van der Waals surface area contributed by atoms with Gasteiger partial charge in [0.2, 0.25) is 0 Å². The summed E-state index contributed by atoms with van der Waals surface area (Å²) in [5, 5.41) is 15.0. The highest BCUT2D eigenvalue weighted by molar-refractivity contribution is 6.30. The molecule has 5 nitrogen and oxygen atoms in total. The van der Waals surface area contributed by atoms with Crippen molar-refractivity contribution in [1.29, 1.82) is 0 Å². The fourth-order valence-electron chi connectivity index (χ4n) is 2.60. The summed E-state index contributed by atoms with van der Waals surface area (Å²) in [5.41, 5.74) is 1.05. The summed E-state index contributed by atoms with van der Waals surface area (Å²) in [6.07, 6.45) is 3.31. The number of ether oxygens (including phenoxy) is 1. The number of aromatic nitrogens is 2. The smallest absolute Gasteiger partial charge is 0.0900 e. The van der Waals surface area contributed by atoms with Crippen LogP contribution in [0.2, 0.25) is 5.02 Å². The first-order valence-electron chi connectivity index (χ1n) is 7.42. The number of hydrogen-bond acceptors (Lipinski definition) is 4. The van der Waals surface area contributed by atoms with Gasteiger partial charge in [-0.2, -0.15) is 5.10 Å². The zero-order valence-corrected chi connectivity index (χ0v) is 13.1. The van der Waals surface area contributed by atoms with Crippen molar-refractivity contribution in [1.82, 2.24) is 14.7 Å². The maximum Gasteiger partial charge on any atom is 0.0900 e. The summed E-state index contributed by atoms with van der Waals surface area (Å²) in [6, 6.07) is 9.90. The lowest BCUT2D eigenvalue weighted by Gasteiger charge is -2.40. The molecule has 2 heterocycles. The van der Waals surface area contributed by atoms with Gasteiger partial charge in [-0.3, -0.25) is 9.58 Å². The average molecular weight is 322 g/mol. The second kappa shape index (κ2) is 7.24. The number of aliphatic hydroxyl groups is 1. The molecule has 1 atom stereocenters. The molecule has 118 valence electrons. The fourth-order valence-corrected chi connectivity index (χ4v) is 2.73. The van der Waals surface area contributed by atoms with Crippen LogP contribution in [0.15, 0.2) is 42.7 Å². The Labute approximate surface area is 135 Å². The Hall–Kier alpha value is -1.40. The normalized spacial score (nSPS) is 17.4. The van der Waals surface area contributed by atoms with Gasteiger partial charge in [-0.25, -0.2) is 0 Å². The molecule has 22 heavy (non-hydrogen) atoms. The topological polar surface area (TPSA) is 50.5 Å². The van der Waals surface area contributed by atoms with E-state index in [0.717, 1.165) is 18.7 Å². The SMILES string of the molecule is O[C@H](COCc1ccc(Cl)cc1)CN1CC(n2cccn2)C1. The molecular weight excluding hydrogens is 302 g/mol. The number of halogens is 1. The summed E-state index contributed by atoms with van der Waals surface area (Å²) in [7, 11) is 0. The van der Waals surface area contributed by atoms with Crippen molar-refractivity contribution in [2.24, 2.45) is 0 Å². The molecule has 3 rings (SSSR count). The predicted octanol–water partition coefficient (Wildman–Crippen LogP) is 1.97. The van der Waals surface area contributed by atoms with E-state index in [1.807, 2.05) is 41.2 Å². The number of nitrogens with zero attached hydrogens (tertiary/aromatic N) is 3. The van der Waals surface area contributed by atoms with Crippen LogP contribution in [-0.4, -0.2) is 52.1 Å². The Balaban J connectivity index is 1.32. The zero-order valence-electron chi connectivity index (χ0n) is 12.3. The van der Waals surface area contributed by atoms with Crippen LogP contribution in [0.4, 0.5) is 0 Å². The van der Waals surface area contributed by atoms with Crippen LogP contribution < -0.4 is 0 Å². The molecule has 0 unspecified atom stereocenters. The Morgan fingerprint density at radius 3 is 2.77 bits per heavy atom. The first-order valence-corrected chi connectivity index (χ1v) is 7.80. The van der Waals surface area contributed by atoms with Crippen molar-refractivity contribution in [2.45, 2.75) is 18.8 Å². The second-order valence-corrected chi connectivity index (χ2v) is 6.09. The Bertz CT molecular complexity index is 568. The number of benzene rings is 1. The molecule has 1 N–H and O–H groups in total. The van der Waals surface area contributed by atoms with Gasteiger partial charge in [-0.05, 0) is 23.8 Å². The lowest BCUT2D eigenvalue weighted by molar-refractivity contribution is -0.0134. The number of β-amino-alcohol motifs (C(OH)–C–C–N with tert-alkyl or cyclic N) is 1. The van der Waals surface area contributed by atoms with Crippen molar-refractivity contribution in [3.63, 3.8) is 0 Å². The molecule has 1 aliphatic heterocycles. The van der Waals surface area contributed by atoms with Gasteiger partial charge in [0.25, 0.3) is 0 Å². The Kier molecular flexibility index (Phi) is 5.10. The first kappa shape index (κ1) is 15.5. The van der Waals surface area contributed by atoms with E-state index in [-0.39, 0.29) is 0 Å². The van der Waals surface area contributed by atoms with E-state index in [4.69, 9.17) is 16.3 Å². The Morgan fingerprint density at radius 2 is 2.09 bits per heavy atom. The van der Waals surface area contributed by atoms with Crippen LogP contribution in [-0.2, 0) is 11.3 Å². The van der Waals surface area contributed by atoms with Gasteiger partial charge >= 0.3 is 0 Å². The minimum Gasteiger partial charge on any atom is -0.389 e. The molecule has 1 aromatic carbocycles. The lowest BCUT2D eigenvalue weighted by atomic mass is 10.1. The van der Waals surface area contributed by atoms with Gasteiger partial charge in [-0.1, -0.05) is 23.7 Å². The van der Waals surface area contributed by atoms with Gasteiger partial charge < -0.3 is 9.84 Å². The first-order chi connectivity index (χ1) is 10.7. The highest BCUT2D eigenvalue weighted by Gasteiger charge is 2.29. The van der Waals surface area contributed by atoms with Gasteiger partial charge in [0.15, 0.2) is 0 Å². The van der Waals surface area contributed by atoms with Crippen molar-refractivity contribution in [3.05, 3.63) is 53.3 Å². The van der Waals surface area contributed by atoms with Gasteiger partial charge in [0.1, 0.15) is 0 Å². The fraction of sp³-hybridized carbons (Fsp3) is 0.438. The monoisotopic (exact) mass is 321 g/mol. The van der Waals surface area contributed by atoms with E-state index in [9.17, 15) is 5.11 Å².